The first-order valence-corrected chi connectivity index (χ1v) is 7.03. The average molecular weight is 270 g/mol. The lowest BCUT2D eigenvalue weighted by Crippen LogP contribution is -1.98. The van der Waals surface area contributed by atoms with Crippen molar-refractivity contribution in [1.29, 1.82) is 0 Å². The zero-order valence-corrected chi connectivity index (χ0v) is 11.7. The number of aryl methyl sites for hydroxylation is 1. The van der Waals surface area contributed by atoms with Gasteiger partial charge in [-0.15, -0.1) is 0 Å². The van der Waals surface area contributed by atoms with Gasteiger partial charge in [-0.05, 0) is 37.3 Å². The van der Waals surface area contributed by atoms with Gasteiger partial charge < -0.3 is 0 Å². The van der Waals surface area contributed by atoms with Crippen LogP contribution in [0.1, 0.15) is 16.7 Å². The highest BCUT2D eigenvalue weighted by Crippen LogP contribution is 2.36. The molecular formula is C19H14N2. The molecule has 1 heterocycles. The molecule has 0 bridgehead atoms. The topological polar surface area (TPSA) is 25.2 Å². The molecule has 0 saturated heterocycles. The van der Waals surface area contributed by atoms with E-state index in [1.807, 2.05) is 42.6 Å². The van der Waals surface area contributed by atoms with Gasteiger partial charge in [0.2, 0.25) is 0 Å². The van der Waals surface area contributed by atoms with Crippen molar-refractivity contribution in [2.24, 2.45) is 4.99 Å². The Hall–Kier alpha value is -2.74. The van der Waals surface area contributed by atoms with Crippen LogP contribution < -0.4 is 0 Å². The molecule has 0 radical (unpaired) electrons. The Morgan fingerprint density at radius 2 is 1.67 bits per heavy atom. The largest absolute Gasteiger partial charge is 0.256 e. The van der Waals surface area contributed by atoms with Crippen LogP contribution in [0.15, 0.2) is 71.9 Å². The number of aliphatic imine (C=N–C) groups is 1. The minimum absolute atomic E-state index is 0.969. The summed E-state index contributed by atoms with van der Waals surface area (Å²) in [6, 6.07) is 20.6. The summed E-state index contributed by atoms with van der Waals surface area (Å²) < 4.78 is 0. The van der Waals surface area contributed by atoms with Gasteiger partial charge in [-0.25, -0.2) is 4.99 Å². The third kappa shape index (κ3) is 1.96. The zero-order chi connectivity index (χ0) is 14.2. The Balaban J connectivity index is 1.99. The molecule has 0 saturated carbocycles. The highest BCUT2D eigenvalue weighted by molar-refractivity contribution is 6.24. The Kier molecular flexibility index (Phi) is 2.68. The van der Waals surface area contributed by atoms with Crippen LogP contribution in [0.5, 0.6) is 0 Å². The van der Waals surface area contributed by atoms with Crippen LogP contribution in [0.3, 0.4) is 0 Å². The molecule has 2 nitrogen and oxygen atoms in total. The Morgan fingerprint density at radius 3 is 2.52 bits per heavy atom. The first kappa shape index (κ1) is 12.0. The molecule has 0 atom stereocenters. The highest BCUT2D eigenvalue weighted by Gasteiger charge is 2.25. The van der Waals surface area contributed by atoms with E-state index in [9.17, 15) is 0 Å². The molecule has 0 spiro atoms. The summed E-state index contributed by atoms with van der Waals surface area (Å²) in [6.07, 6.45) is 1.84. The molecule has 3 aromatic rings. The second-order valence-electron chi connectivity index (χ2n) is 5.24. The Morgan fingerprint density at radius 1 is 0.810 bits per heavy atom. The van der Waals surface area contributed by atoms with Crippen LogP contribution in [0.2, 0.25) is 0 Å². The van der Waals surface area contributed by atoms with E-state index in [4.69, 9.17) is 4.99 Å². The molecule has 4 rings (SSSR count). The number of hydrogen-bond acceptors (Lipinski definition) is 2. The quantitative estimate of drug-likeness (QED) is 0.498. The van der Waals surface area contributed by atoms with Crippen molar-refractivity contribution in [3.05, 3.63) is 83.6 Å². The Bertz CT molecular complexity index is 848. The van der Waals surface area contributed by atoms with Crippen LogP contribution in [0, 0.1) is 6.92 Å². The molecule has 0 fully saturated rings. The number of rotatable bonds is 1. The molecular weight excluding hydrogens is 256 g/mol. The molecule has 0 aliphatic heterocycles. The lowest BCUT2D eigenvalue weighted by Gasteiger charge is -2.03. The lowest BCUT2D eigenvalue weighted by molar-refractivity contribution is 1.33. The van der Waals surface area contributed by atoms with Crippen molar-refractivity contribution >= 4 is 11.4 Å². The van der Waals surface area contributed by atoms with Crippen LogP contribution in [0.4, 0.5) is 5.69 Å². The number of nitrogens with zero attached hydrogens (tertiary/aromatic N) is 2. The lowest BCUT2D eigenvalue weighted by atomic mass is 10.1. The fourth-order valence-electron chi connectivity index (χ4n) is 2.77. The van der Waals surface area contributed by atoms with Gasteiger partial charge >= 0.3 is 0 Å². The normalized spacial score (nSPS) is 14.0. The molecule has 0 unspecified atom stereocenters. The van der Waals surface area contributed by atoms with Crippen molar-refractivity contribution in [2.45, 2.75) is 6.92 Å². The molecule has 21 heavy (non-hydrogen) atoms. The number of aromatic nitrogens is 1. The summed E-state index contributed by atoms with van der Waals surface area (Å²) in [6.45, 7) is 2.11. The van der Waals surface area contributed by atoms with Crippen molar-refractivity contribution in [2.75, 3.05) is 0 Å². The van der Waals surface area contributed by atoms with Crippen LogP contribution >= 0.6 is 0 Å². The third-order valence-electron chi connectivity index (χ3n) is 3.75. The summed E-state index contributed by atoms with van der Waals surface area (Å²) in [7, 11) is 0. The van der Waals surface area contributed by atoms with Crippen molar-refractivity contribution in [3.63, 3.8) is 0 Å². The number of benzene rings is 2. The summed E-state index contributed by atoms with van der Waals surface area (Å²) >= 11 is 0. The maximum Gasteiger partial charge on any atom is 0.0810 e. The van der Waals surface area contributed by atoms with Crippen LogP contribution in [-0.4, -0.2) is 10.7 Å². The minimum Gasteiger partial charge on any atom is -0.256 e. The van der Waals surface area contributed by atoms with E-state index in [2.05, 4.69) is 36.2 Å². The molecule has 0 amide bonds. The second-order valence-corrected chi connectivity index (χ2v) is 5.24. The first-order valence-electron chi connectivity index (χ1n) is 7.03. The van der Waals surface area contributed by atoms with Crippen molar-refractivity contribution in [3.8, 4) is 11.3 Å². The van der Waals surface area contributed by atoms with Gasteiger partial charge in [-0.3, -0.25) is 4.98 Å². The molecule has 1 aromatic heterocycles. The van der Waals surface area contributed by atoms with E-state index in [0.717, 1.165) is 22.7 Å². The predicted octanol–water partition coefficient (Wildman–Crippen LogP) is 4.54. The smallest absolute Gasteiger partial charge is 0.0810 e. The molecule has 100 valence electrons. The van der Waals surface area contributed by atoms with E-state index >= 15 is 0 Å². The van der Waals surface area contributed by atoms with Gasteiger partial charge in [0.1, 0.15) is 0 Å². The number of hydrogen-bond donors (Lipinski definition) is 0. The summed E-state index contributed by atoms with van der Waals surface area (Å²) in [5.74, 6) is 0. The van der Waals surface area contributed by atoms with Gasteiger partial charge in [-0.1, -0.05) is 35.9 Å². The fourth-order valence-corrected chi connectivity index (χ4v) is 2.77. The highest BCUT2D eigenvalue weighted by atomic mass is 14.8. The summed E-state index contributed by atoms with van der Waals surface area (Å²) in [5.41, 5.74) is 7.71. The van der Waals surface area contributed by atoms with E-state index in [1.165, 1.54) is 16.7 Å². The van der Waals surface area contributed by atoms with E-state index in [1.54, 1.807) is 0 Å². The molecule has 1 aliphatic rings. The summed E-state index contributed by atoms with van der Waals surface area (Å²) in [4.78, 5) is 9.40. The standard InChI is InChI=1S/C19H14N2/c1-13-9-10-15-17(12-13)19(16-8-5-11-20-18(15)16)21-14-6-3-2-4-7-14/h2-12H,1H3. The van der Waals surface area contributed by atoms with Gasteiger partial charge in [0.05, 0.1) is 17.1 Å². The Labute approximate surface area is 123 Å². The predicted molar refractivity (Wildman–Crippen MR) is 86.2 cm³/mol. The van der Waals surface area contributed by atoms with E-state index < -0.39 is 0 Å². The van der Waals surface area contributed by atoms with Crippen LogP contribution in [-0.2, 0) is 0 Å². The third-order valence-corrected chi connectivity index (χ3v) is 3.75. The number of pyridine rings is 1. The van der Waals surface area contributed by atoms with E-state index in [-0.39, 0.29) is 0 Å². The average Bonchev–Trinajstić information content (AvgIpc) is 2.82. The maximum absolute atomic E-state index is 4.86. The SMILES string of the molecule is Cc1ccc2c(c1)C(=Nc1ccccc1)c1cccnc1-2. The first-order chi connectivity index (χ1) is 10.3. The molecule has 1 aliphatic carbocycles. The number of fused-ring (bicyclic) bond motifs is 3. The molecule has 2 aromatic carbocycles. The fraction of sp³-hybridized carbons (Fsp3) is 0.0526. The zero-order valence-electron chi connectivity index (χ0n) is 11.7. The number of para-hydroxylation sites is 1. The van der Waals surface area contributed by atoms with Crippen molar-refractivity contribution < 1.29 is 0 Å². The van der Waals surface area contributed by atoms with E-state index in [0.29, 0.717) is 0 Å². The molecule has 2 heteroatoms. The second kappa shape index (κ2) is 4.67. The van der Waals surface area contributed by atoms with Gasteiger partial charge in [0.15, 0.2) is 0 Å². The minimum atomic E-state index is 0.969. The van der Waals surface area contributed by atoms with Gasteiger partial charge in [0, 0.05) is 22.9 Å². The van der Waals surface area contributed by atoms with Gasteiger partial charge in [-0.2, -0.15) is 0 Å². The monoisotopic (exact) mass is 270 g/mol. The molecule has 0 N–H and O–H groups in total. The van der Waals surface area contributed by atoms with Crippen LogP contribution in [0.25, 0.3) is 11.3 Å². The summed E-state index contributed by atoms with van der Waals surface area (Å²) in [5, 5.41) is 0. The van der Waals surface area contributed by atoms with Crippen molar-refractivity contribution in [1.82, 2.24) is 4.98 Å². The van der Waals surface area contributed by atoms with Gasteiger partial charge in [0.25, 0.3) is 0 Å². The maximum atomic E-state index is 4.86.